The maximum absolute atomic E-state index is 11.9. The average Bonchev–Trinajstić information content (AvgIpc) is 2.77. The van der Waals surface area contributed by atoms with Crippen molar-refractivity contribution in [1.82, 2.24) is 0 Å². The average molecular weight is 320 g/mol. The van der Waals surface area contributed by atoms with E-state index >= 15 is 0 Å². The minimum Gasteiger partial charge on any atom is -0.504 e. The van der Waals surface area contributed by atoms with Gasteiger partial charge in [0.1, 0.15) is 5.57 Å². The lowest BCUT2D eigenvalue weighted by Crippen LogP contribution is -2.10. The molecule has 4 nitrogen and oxygen atoms in total. The van der Waals surface area contributed by atoms with Gasteiger partial charge in [0.2, 0.25) is 0 Å². The molecule has 0 bridgehead atoms. The zero-order valence-electron chi connectivity index (χ0n) is 14.1. The molecule has 0 aromatic rings. The van der Waals surface area contributed by atoms with Gasteiger partial charge in [-0.05, 0) is 32.1 Å². The molecule has 0 saturated carbocycles. The number of esters is 1. The molecule has 0 atom stereocenters. The Morgan fingerprint density at radius 2 is 1.70 bits per heavy atom. The number of hydrogen-bond donors (Lipinski definition) is 1. The fraction of sp³-hybridized carbons (Fsp3) is 0.579. The third kappa shape index (κ3) is 6.85. The lowest BCUT2D eigenvalue weighted by molar-refractivity contribution is -0.134. The summed E-state index contributed by atoms with van der Waals surface area (Å²) in [7, 11) is 0. The third-order valence-electron chi connectivity index (χ3n) is 3.87. The lowest BCUT2D eigenvalue weighted by atomic mass is 10.0. The highest BCUT2D eigenvalue weighted by molar-refractivity contribution is 6.19. The van der Waals surface area contributed by atoms with Crippen LogP contribution in [-0.4, -0.2) is 16.9 Å². The Bertz CT molecular complexity index is 486. The number of ether oxygens (including phenoxy) is 1. The summed E-state index contributed by atoms with van der Waals surface area (Å²) in [4.78, 5) is 23.3. The van der Waals surface area contributed by atoms with Crippen LogP contribution in [0.4, 0.5) is 0 Å². The molecule has 0 amide bonds. The number of carbonyl (C=O) groups is 2. The Labute approximate surface area is 138 Å². The summed E-state index contributed by atoms with van der Waals surface area (Å²) in [5, 5.41) is 9.58. The van der Waals surface area contributed by atoms with Crippen molar-refractivity contribution in [2.45, 2.75) is 71.1 Å². The molecule has 1 rings (SSSR count). The Kier molecular flexibility index (Phi) is 9.03. The molecule has 1 heterocycles. The predicted octanol–water partition coefficient (Wildman–Crippen LogP) is 4.92. The van der Waals surface area contributed by atoms with Crippen LogP contribution < -0.4 is 0 Å². The highest BCUT2D eigenvalue weighted by Gasteiger charge is 2.33. The SMILES string of the molecule is C=C1OC(=O)C(C(=O)CCCCC=CCCCCCCC)=C1O. The van der Waals surface area contributed by atoms with Gasteiger partial charge in [-0.3, -0.25) is 4.79 Å². The molecule has 1 aliphatic rings. The molecule has 0 saturated heterocycles. The second kappa shape index (κ2) is 10.8. The van der Waals surface area contributed by atoms with Gasteiger partial charge in [0.05, 0.1) is 0 Å². The molecule has 4 heteroatoms. The normalized spacial score (nSPS) is 14.8. The quantitative estimate of drug-likeness (QED) is 0.240. The minimum atomic E-state index is -0.791. The summed E-state index contributed by atoms with van der Waals surface area (Å²) < 4.78 is 4.62. The van der Waals surface area contributed by atoms with Crippen LogP contribution in [0.1, 0.15) is 71.1 Å². The number of unbranched alkanes of at least 4 members (excludes halogenated alkanes) is 7. The number of hydrogen-bond acceptors (Lipinski definition) is 4. The largest absolute Gasteiger partial charge is 0.504 e. The van der Waals surface area contributed by atoms with E-state index in [-0.39, 0.29) is 23.5 Å². The maximum atomic E-state index is 11.9. The summed E-state index contributed by atoms with van der Waals surface area (Å²) in [5.74, 6) is -1.71. The first-order chi connectivity index (χ1) is 11.1. The maximum Gasteiger partial charge on any atom is 0.351 e. The van der Waals surface area contributed by atoms with Crippen molar-refractivity contribution in [3.63, 3.8) is 0 Å². The van der Waals surface area contributed by atoms with Gasteiger partial charge in [0, 0.05) is 6.42 Å². The van der Waals surface area contributed by atoms with Gasteiger partial charge in [-0.25, -0.2) is 4.79 Å². The smallest absolute Gasteiger partial charge is 0.351 e. The van der Waals surface area contributed by atoms with Crippen LogP contribution in [0.2, 0.25) is 0 Å². The number of allylic oxidation sites excluding steroid dienone is 2. The zero-order chi connectivity index (χ0) is 17.1. The Morgan fingerprint density at radius 3 is 2.26 bits per heavy atom. The molecule has 0 fully saturated rings. The van der Waals surface area contributed by atoms with E-state index < -0.39 is 11.7 Å². The first-order valence-electron chi connectivity index (χ1n) is 8.60. The van der Waals surface area contributed by atoms with Gasteiger partial charge in [0.15, 0.2) is 17.3 Å². The van der Waals surface area contributed by atoms with Gasteiger partial charge >= 0.3 is 5.97 Å². The number of cyclic esters (lactones) is 1. The summed E-state index contributed by atoms with van der Waals surface area (Å²) in [6.45, 7) is 5.58. The highest BCUT2D eigenvalue weighted by Crippen LogP contribution is 2.24. The molecule has 0 unspecified atom stereocenters. The van der Waals surface area contributed by atoms with Crippen LogP contribution in [0.5, 0.6) is 0 Å². The van der Waals surface area contributed by atoms with Crippen LogP contribution in [0, 0.1) is 0 Å². The molecular weight excluding hydrogens is 292 g/mol. The number of ketones is 1. The molecule has 128 valence electrons. The van der Waals surface area contributed by atoms with E-state index in [2.05, 4.69) is 30.4 Å². The Hall–Kier alpha value is -1.84. The summed E-state index contributed by atoms with van der Waals surface area (Å²) in [6, 6.07) is 0. The van der Waals surface area contributed by atoms with Gasteiger partial charge in [0.25, 0.3) is 0 Å². The predicted molar refractivity (Wildman–Crippen MR) is 90.9 cm³/mol. The van der Waals surface area contributed by atoms with Gasteiger partial charge < -0.3 is 9.84 Å². The lowest BCUT2D eigenvalue weighted by Gasteiger charge is -1.99. The van der Waals surface area contributed by atoms with Crippen molar-refractivity contribution in [1.29, 1.82) is 0 Å². The Morgan fingerprint density at radius 1 is 1.09 bits per heavy atom. The Balaban J connectivity index is 2.10. The first-order valence-corrected chi connectivity index (χ1v) is 8.60. The zero-order valence-corrected chi connectivity index (χ0v) is 14.1. The fourth-order valence-electron chi connectivity index (χ4n) is 2.47. The molecule has 23 heavy (non-hydrogen) atoms. The van der Waals surface area contributed by atoms with Crippen LogP contribution in [-0.2, 0) is 14.3 Å². The van der Waals surface area contributed by atoms with E-state index in [0.29, 0.717) is 6.42 Å². The number of aliphatic hydroxyl groups excluding tert-OH is 1. The number of rotatable bonds is 12. The second-order valence-electron chi connectivity index (χ2n) is 5.88. The van der Waals surface area contributed by atoms with E-state index in [4.69, 9.17) is 0 Å². The highest BCUT2D eigenvalue weighted by atomic mass is 16.6. The first kappa shape index (κ1) is 19.2. The van der Waals surface area contributed by atoms with E-state index in [1.54, 1.807) is 0 Å². The van der Waals surface area contributed by atoms with Gasteiger partial charge in [-0.15, -0.1) is 0 Å². The molecule has 0 aromatic carbocycles. The molecule has 0 radical (unpaired) electrons. The number of Topliss-reactive ketones (excluding diaryl/α,β-unsaturated/α-hetero) is 1. The van der Waals surface area contributed by atoms with E-state index in [9.17, 15) is 14.7 Å². The van der Waals surface area contributed by atoms with Crippen LogP contribution in [0.25, 0.3) is 0 Å². The minimum absolute atomic E-state index is 0.139. The van der Waals surface area contributed by atoms with Crippen LogP contribution >= 0.6 is 0 Å². The molecule has 0 aliphatic carbocycles. The number of carbonyl (C=O) groups excluding carboxylic acids is 2. The molecule has 0 spiro atoms. The van der Waals surface area contributed by atoms with Crippen molar-refractivity contribution in [2.75, 3.05) is 0 Å². The number of aliphatic hydroxyl groups is 1. The summed E-state index contributed by atoms with van der Waals surface area (Å²) in [5.41, 5.74) is -0.252. The standard InChI is InChI=1S/C19H28O4/c1-3-4-5-6-7-8-9-10-11-12-13-14-16(20)17-18(21)15(2)23-19(17)22/h9-10,21H,2-8,11-14H2,1H3. The van der Waals surface area contributed by atoms with Crippen molar-refractivity contribution < 1.29 is 19.4 Å². The monoisotopic (exact) mass is 320 g/mol. The molecular formula is C19H28O4. The molecule has 1 N–H and O–H groups in total. The summed E-state index contributed by atoms with van der Waals surface area (Å²) in [6.07, 6.45) is 14.7. The van der Waals surface area contributed by atoms with Crippen molar-refractivity contribution in [3.05, 3.63) is 35.8 Å². The second-order valence-corrected chi connectivity index (χ2v) is 5.88. The van der Waals surface area contributed by atoms with Crippen LogP contribution in [0.3, 0.4) is 0 Å². The molecule has 1 aliphatic heterocycles. The van der Waals surface area contributed by atoms with E-state index in [1.165, 1.54) is 32.1 Å². The van der Waals surface area contributed by atoms with Gasteiger partial charge in [-0.2, -0.15) is 0 Å². The fourth-order valence-corrected chi connectivity index (χ4v) is 2.47. The van der Waals surface area contributed by atoms with Crippen molar-refractivity contribution in [3.8, 4) is 0 Å². The van der Waals surface area contributed by atoms with E-state index in [0.717, 1.165) is 19.3 Å². The van der Waals surface area contributed by atoms with Gasteiger partial charge in [-0.1, -0.05) is 51.3 Å². The van der Waals surface area contributed by atoms with E-state index in [1.807, 2.05) is 0 Å². The summed E-state index contributed by atoms with van der Waals surface area (Å²) >= 11 is 0. The van der Waals surface area contributed by atoms with Crippen LogP contribution in [0.15, 0.2) is 35.8 Å². The van der Waals surface area contributed by atoms with Crippen molar-refractivity contribution >= 4 is 11.8 Å². The molecule has 0 aromatic heterocycles. The third-order valence-corrected chi connectivity index (χ3v) is 3.87. The van der Waals surface area contributed by atoms with Crippen molar-refractivity contribution in [2.24, 2.45) is 0 Å². The topological polar surface area (TPSA) is 63.6 Å².